The van der Waals surface area contributed by atoms with E-state index in [1.54, 1.807) is 11.3 Å². The van der Waals surface area contributed by atoms with E-state index in [4.69, 9.17) is 0 Å². The van der Waals surface area contributed by atoms with Crippen LogP contribution in [0.1, 0.15) is 23.4 Å². The summed E-state index contributed by atoms with van der Waals surface area (Å²) in [6.07, 6.45) is 1.93. The van der Waals surface area contributed by atoms with Crippen LogP contribution >= 0.6 is 11.3 Å². The van der Waals surface area contributed by atoms with Crippen LogP contribution in [0.3, 0.4) is 0 Å². The third-order valence-electron chi connectivity index (χ3n) is 2.94. The van der Waals surface area contributed by atoms with E-state index in [1.807, 2.05) is 11.7 Å². The molecule has 2 aromatic rings. The molecule has 0 aliphatic rings. The number of nitrogens with zero attached hydrogens (tertiary/aromatic N) is 2. The van der Waals surface area contributed by atoms with Crippen LogP contribution in [0.2, 0.25) is 0 Å². The Morgan fingerprint density at radius 3 is 2.56 bits per heavy atom. The molecule has 2 rings (SSSR count). The van der Waals surface area contributed by atoms with Crippen molar-refractivity contribution in [3.05, 3.63) is 46.4 Å². The molecule has 96 valence electrons. The fraction of sp³-hybridized carbons (Fsp3) is 0.357. The Morgan fingerprint density at radius 1 is 1.28 bits per heavy atom. The molecule has 0 saturated heterocycles. The fourth-order valence-corrected chi connectivity index (χ4v) is 2.38. The fourth-order valence-electron chi connectivity index (χ4n) is 1.72. The number of hydrogen-bond acceptors (Lipinski definition) is 4. The summed E-state index contributed by atoms with van der Waals surface area (Å²) in [7, 11) is 4.11. The maximum Gasteiger partial charge on any atom is 0.0794 e. The van der Waals surface area contributed by atoms with E-state index in [0.29, 0.717) is 6.04 Å². The average molecular weight is 261 g/mol. The van der Waals surface area contributed by atoms with Crippen LogP contribution in [0.25, 0.3) is 0 Å². The number of hydrogen-bond donors (Lipinski definition) is 1. The van der Waals surface area contributed by atoms with Gasteiger partial charge in [-0.2, -0.15) is 0 Å². The first kappa shape index (κ1) is 13.1. The molecule has 0 bridgehead atoms. The second-order valence-corrected chi connectivity index (χ2v) is 5.49. The molecule has 0 spiro atoms. The van der Waals surface area contributed by atoms with Gasteiger partial charge in [0.05, 0.1) is 5.51 Å². The van der Waals surface area contributed by atoms with E-state index in [9.17, 15) is 0 Å². The van der Waals surface area contributed by atoms with Crippen molar-refractivity contribution in [1.29, 1.82) is 0 Å². The van der Waals surface area contributed by atoms with Gasteiger partial charge in [0, 0.05) is 43.4 Å². The Morgan fingerprint density at radius 2 is 2.00 bits per heavy atom. The maximum absolute atomic E-state index is 4.10. The first-order chi connectivity index (χ1) is 8.66. The second-order valence-electron chi connectivity index (χ2n) is 4.57. The molecule has 0 radical (unpaired) electrons. The highest BCUT2D eigenvalue weighted by Crippen LogP contribution is 2.17. The van der Waals surface area contributed by atoms with E-state index >= 15 is 0 Å². The summed E-state index contributed by atoms with van der Waals surface area (Å²) in [5, 5.41) is 3.51. The molecule has 4 heteroatoms. The van der Waals surface area contributed by atoms with Crippen LogP contribution in [0, 0.1) is 0 Å². The van der Waals surface area contributed by atoms with Gasteiger partial charge in [0.15, 0.2) is 0 Å². The van der Waals surface area contributed by atoms with E-state index in [1.165, 1.54) is 16.1 Å². The van der Waals surface area contributed by atoms with Gasteiger partial charge in [-0.25, -0.2) is 0 Å². The van der Waals surface area contributed by atoms with Crippen molar-refractivity contribution in [1.82, 2.24) is 10.3 Å². The van der Waals surface area contributed by atoms with Crippen LogP contribution in [0.4, 0.5) is 5.69 Å². The smallest absolute Gasteiger partial charge is 0.0794 e. The van der Waals surface area contributed by atoms with E-state index in [0.717, 1.165) is 6.54 Å². The first-order valence-corrected chi connectivity index (χ1v) is 6.93. The lowest BCUT2D eigenvalue weighted by Crippen LogP contribution is -2.17. The molecule has 0 aliphatic carbocycles. The summed E-state index contributed by atoms with van der Waals surface area (Å²) in [6, 6.07) is 8.98. The predicted molar refractivity (Wildman–Crippen MR) is 78.1 cm³/mol. The number of benzene rings is 1. The summed E-state index contributed by atoms with van der Waals surface area (Å²) < 4.78 is 0. The Hall–Kier alpha value is -1.39. The molecule has 0 aliphatic heterocycles. The standard InChI is InChI=1S/C14H19N3S/c1-11(14-9-15-10-18-14)16-8-12-4-6-13(7-5-12)17(2)3/h4-7,9-11,16H,8H2,1-3H3. The number of anilines is 1. The molecule has 0 fully saturated rings. The molecule has 1 atom stereocenters. The van der Waals surface area contributed by atoms with Gasteiger partial charge in [0.1, 0.15) is 0 Å². The zero-order chi connectivity index (χ0) is 13.0. The normalized spacial score (nSPS) is 12.4. The minimum Gasteiger partial charge on any atom is -0.378 e. The van der Waals surface area contributed by atoms with Crippen molar-refractivity contribution in [3.63, 3.8) is 0 Å². The highest BCUT2D eigenvalue weighted by Gasteiger charge is 2.06. The van der Waals surface area contributed by atoms with Crippen LogP contribution < -0.4 is 10.2 Å². The maximum atomic E-state index is 4.10. The number of aromatic nitrogens is 1. The zero-order valence-electron chi connectivity index (χ0n) is 11.1. The monoisotopic (exact) mass is 261 g/mol. The van der Waals surface area contributed by atoms with E-state index in [2.05, 4.69) is 60.5 Å². The second kappa shape index (κ2) is 5.98. The van der Waals surface area contributed by atoms with Crippen molar-refractivity contribution in [3.8, 4) is 0 Å². The minimum atomic E-state index is 0.353. The Balaban J connectivity index is 1.90. The van der Waals surface area contributed by atoms with Crippen molar-refractivity contribution in [2.75, 3.05) is 19.0 Å². The van der Waals surface area contributed by atoms with Gasteiger partial charge in [-0.3, -0.25) is 4.98 Å². The van der Waals surface area contributed by atoms with Crippen LogP contribution in [0.5, 0.6) is 0 Å². The lowest BCUT2D eigenvalue weighted by atomic mass is 10.2. The summed E-state index contributed by atoms with van der Waals surface area (Å²) in [5.74, 6) is 0. The average Bonchev–Trinajstić information content (AvgIpc) is 2.90. The third-order valence-corrected chi connectivity index (χ3v) is 3.90. The largest absolute Gasteiger partial charge is 0.378 e. The lowest BCUT2D eigenvalue weighted by Gasteiger charge is -2.14. The molecular weight excluding hydrogens is 242 g/mol. The van der Waals surface area contributed by atoms with Crippen LogP contribution in [-0.4, -0.2) is 19.1 Å². The number of thiazole rings is 1. The van der Waals surface area contributed by atoms with E-state index in [-0.39, 0.29) is 0 Å². The summed E-state index contributed by atoms with van der Waals surface area (Å²) in [6.45, 7) is 3.05. The number of rotatable bonds is 5. The summed E-state index contributed by atoms with van der Waals surface area (Å²) in [5.41, 5.74) is 4.41. The van der Waals surface area contributed by atoms with Crippen LogP contribution in [0.15, 0.2) is 36.0 Å². The van der Waals surface area contributed by atoms with Gasteiger partial charge in [-0.15, -0.1) is 11.3 Å². The zero-order valence-corrected chi connectivity index (χ0v) is 11.9. The van der Waals surface area contributed by atoms with Gasteiger partial charge >= 0.3 is 0 Å². The highest BCUT2D eigenvalue weighted by molar-refractivity contribution is 7.09. The molecule has 1 heterocycles. The minimum absolute atomic E-state index is 0.353. The molecule has 1 N–H and O–H groups in total. The molecule has 1 aromatic heterocycles. The molecule has 0 saturated carbocycles. The summed E-state index contributed by atoms with van der Waals surface area (Å²) >= 11 is 1.69. The molecule has 1 unspecified atom stereocenters. The first-order valence-electron chi connectivity index (χ1n) is 6.05. The Bertz CT molecular complexity index is 462. The third kappa shape index (κ3) is 3.31. The SMILES string of the molecule is CC(NCc1ccc(N(C)C)cc1)c1cncs1. The Labute approximate surface area is 112 Å². The molecule has 1 aromatic carbocycles. The quantitative estimate of drug-likeness (QED) is 0.896. The van der Waals surface area contributed by atoms with Gasteiger partial charge < -0.3 is 10.2 Å². The van der Waals surface area contributed by atoms with Gasteiger partial charge in [0.2, 0.25) is 0 Å². The summed E-state index contributed by atoms with van der Waals surface area (Å²) in [4.78, 5) is 7.49. The van der Waals surface area contributed by atoms with Crippen molar-refractivity contribution in [2.24, 2.45) is 0 Å². The van der Waals surface area contributed by atoms with Crippen LogP contribution in [-0.2, 0) is 6.54 Å². The van der Waals surface area contributed by atoms with Gasteiger partial charge in [-0.1, -0.05) is 12.1 Å². The number of nitrogens with one attached hydrogen (secondary N) is 1. The van der Waals surface area contributed by atoms with Gasteiger partial charge in [-0.05, 0) is 24.6 Å². The van der Waals surface area contributed by atoms with Crippen molar-refractivity contribution >= 4 is 17.0 Å². The highest BCUT2D eigenvalue weighted by atomic mass is 32.1. The molecule has 3 nitrogen and oxygen atoms in total. The van der Waals surface area contributed by atoms with Crippen molar-refractivity contribution in [2.45, 2.75) is 19.5 Å². The lowest BCUT2D eigenvalue weighted by molar-refractivity contribution is 0.582. The molecule has 18 heavy (non-hydrogen) atoms. The topological polar surface area (TPSA) is 28.2 Å². The van der Waals surface area contributed by atoms with Crippen molar-refractivity contribution < 1.29 is 0 Å². The Kier molecular flexibility index (Phi) is 4.33. The predicted octanol–water partition coefficient (Wildman–Crippen LogP) is 3.06. The molecular formula is C14H19N3S. The van der Waals surface area contributed by atoms with E-state index < -0.39 is 0 Å². The van der Waals surface area contributed by atoms with Gasteiger partial charge in [0.25, 0.3) is 0 Å². The molecule has 0 amide bonds.